The fourth-order valence-electron chi connectivity index (χ4n) is 2.98. The van der Waals surface area contributed by atoms with Gasteiger partial charge in [-0.25, -0.2) is 8.42 Å². The first-order valence-electron chi connectivity index (χ1n) is 8.38. The van der Waals surface area contributed by atoms with Crippen LogP contribution in [0.25, 0.3) is 0 Å². The van der Waals surface area contributed by atoms with Crippen LogP contribution in [0.5, 0.6) is 0 Å². The minimum absolute atomic E-state index is 0.150. The molecular formula is C18H31NO3S. The fourth-order valence-corrected chi connectivity index (χ4v) is 5.01. The predicted octanol–water partition coefficient (Wildman–Crippen LogP) is 3.40. The van der Waals surface area contributed by atoms with Crippen molar-refractivity contribution in [1.82, 2.24) is 4.31 Å². The van der Waals surface area contributed by atoms with E-state index in [1.54, 1.807) is 0 Å². The lowest BCUT2D eigenvalue weighted by Gasteiger charge is -2.26. The molecule has 0 amide bonds. The van der Waals surface area contributed by atoms with E-state index in [-0.39, 0.29) is 13.2 Å². The molecule has 0 aliphatic rings. The summed E-state index contributed by atoms with van der Waals surface area (Å²) in [5.74, 6) is 0. The molecule has 0 heterocycles. The molecule has 0 saturated heterocycles. The highest BCUT2D eigenvalue weighted by atomic mass is 32.2. The van der Waals surface area contributed by atoms with Crippen molar-refractivity contribution in [1.29, 1.82) is 0 Å². The number of rotatable bonds is 8. The standard InChI is InChI=1S/C18H31NO3S/c1-7-8-9-10-19(11-12-20)23(21,22)18-16(5)14(3)13(2)15(4)17(18)6/h20H,7-12H2,1-6H3. The van der Waals surface area contributed by atoms with Gasteiger partial charge in [-0.3, -0.25) is 0 Å². The molecule has 0 unspecified atom stereocenters. The Balaban J connectivity index is 3.40. The quantitative estimate of drug-likeness (QED) is 0.737. The fraction of sp³-hybridized carbons (Fsp3) is 0.667. The second kappa shape index (κ2) is 8.27. The van der Waals surface area contributed by atoms with Crippen LogP contribution in [0.15, 0.2) is 4.90 Å². The molecule has 132 valence electrons. The first-order valence-corrected chi connectivity index (χ1v) is 9.82. The molecule has 5 heteroatoms. The zero-order chi connectivity index (χ0) is 17.8. The molecule has 0 radical (unpaired) electrons. The highest BCUT2D eigenvalue weighted by Gasteiger charge is 2.29. The Morgan fingerprint density at radius 2 is 1.30 bits per heavy atom. The van der Waals surface area contributed by atoms with Crippen molar-refractivity contribution in [2.75, 3.05) is 19.7 Å². The van der Waals surface area contributed by atoms with Gasteiger partial charge in [0, 0.05) is 13.1 Å². The first kappa shape index (κ1) is 20.1. The number of hydrogen-bond acceptors (Lipinski definition) is 3. The maximum atomic E-state index is 13.2. The molecule has 0 aromatic heterocycles. The summed E-state index contributed by atoms with van der Waals surface area (Å²) in [6, 6.07) is 0. The van der Waals surface area contributed by atoms with Crippen LogP contribution in [-0.4, -0.2) is 37.5 Å². The Hall–Kier alpha value is -0.910. The van der Waals surface area contributed by atoms with Crippen LogP contribution in [-0.2, 0) is 10.0 Å². The summed E-state index contributed by atoms with van der Waals surface area (Å²) >= 11 is 0. The Bertz CT molecular complexity index is 622. The van der Waals surface area contributed by atoms with Crippen molar-refractivity contribution in [3.8, 4) is 0 Å². The lowest BCUT2D eigenvalue weighted by Crippen LogP contribution is -2.35. The number of aliphatic hydroxyl groups is 1. The van der Waals surface area contributed by atoms with E-state index < -0.39 is 10.0 Å². The topological polar surface area (TPSA) is 57.6 Å². The molecule has 0 saturated carbocycles. The molecule has 0 spiro atoms. The summed E-state index contributed by atoms with van der Waals surface area (Å²) < 4.78 is 27.8. The lowest BCUT2D eigenvalue weighted by atomic mass is 9.95. The van der Waals surface area contributed by atoms with Crippen LogP contribution in [0.2, 0.25) is 0 Å². The monoisotopic (exact) mass is 341 g/mol. The van der Waals surface area contributed by atoms with Gasteiger partial charge in [0.05, 0.1) is 11.5 Å². The number of hydrogen-bond donors (Lipinski definition) is 1. The van der Waals surface area contributed by atoms with Gasteiger partial charge in [-0.05, 0) is 68.9 Å². The van der Waals surface area contributed by atoms with Crippen LogP contribution in [0.4, 0.5) is 0 Å². The molecule has 0 fully saturated rings. The SMILES string of the molecule is CCCCCN(CCO)S(=O)(=O)c1c(C)c(C)c(C)c(C)c1C. The average molecular weight is 342 g/mol. The van der Waals surface area contributed by atoms with Gasteiger partial charge in [-0.15, -0.1) is 0 Å². The molecule has 1 rings (SSSR count). The van der Waals surface area contributed by atoms with Gasteiger partial charge in [0.25, 0.3) is 0 Å². The Kier molecular flexibility index (Phi) is 7.24. The summed E-state index contributed by atoms with van der Waals surface area (Å²) in [5, 5.41) is 9.29. The van der Waals surface area contributed by atoms with Gasteiger partial charge >= 0.3 is 0 Å². The molecule has 1 N–H and O–H groups in total. The maximum Gasteiger partial charge on any atom is 0.243 e. The lowest BCUT2D eigenvalue weighted by molar-refractivity contribution is 0.252. The van der Waals surface area contributed by atoms with Crippen molar-refractivity contribution in [2.45, 2.75) is 65.7 Å². The molecule has 1 aromatic rings. The van der Waals surface area contributed by atoms with E-state index in [0.717, 1.165) is 47.1 Å². The third-order valence-electron chi connectivity index (χ3n) is 4.89. The molecule has 4 nitrogen and oxygen atoms in total. The normalized spacial score (nSPS) is 12.2. The van der Waals surface area contributed by atoms with Gasteiger partial charge < -0.3 is 5.11 Å². The van der Waals surface area contributed by atoms with Crippen molar-refractivity contribution >= 4 is 10.0 Å². The average Bonchev–Trinajstić information content (AvgIpc) is 2.50. The molecule has 0 atom stereocenters. The van der Waals surface area contributed by atoms with Crippen molar-refractivity contribution in [3.63, 3.8) is 0 Å². The predicted molar refractivity (Wildman–Crippen MR) is 95.5 cm³/mol. The summed E-state index contributed by atoms with van der Waals surface area (Å²) in [4.78, 5) is 0.419. The number of unbranched alkanes of at least 4 members (excludes halogenated alkanes) is 2. The van der Waals surface area contributed by atoms with E-state index in [1.807, 2.05) is 34.6 Å². The number of aliphatic hydroxyl groups excluding tert-OH is 1. The minimum atomic E-state index is -3.59. The van der Waals surface area contributed by atoms with E-state index in [2.05, 4.69) is 6.92 Å². The van der Waals surface area contributed by atoms with E-state index in [0.29, 0.717) is 11.4 Å². The van der Waals surface area contributed by atoms with Gasteiger partial charge in [0.2, 0.25) is 10.0 Å². The van der Waals surface area contributed by atoms with Gasteiger partial charge in [-0.1, -0.05) is 19.8 Å². The van der Waals surface area contributed by atoms with E-state index in [4.69, 9.17) is 0 Å². The first-order chi connectivity index (χ1) is 10.7. The number of sulfonamides is 1. The highest BCUT2D eigenvalue weighted by molar-refractivity contribution is 7.89. The molecule has 0 bridgehead atoms. The highest BCUT2D eigenvalue weighted by Crippen LogP contribution is 2.31. The smallest absolute Gasteiger partial charge is 0.243 e. The van der Waals surface area contributed by atoms with Crippen LogP contribution in [0, 0.1) is 34.6 Å². The van der Waals surface area contributed by atoms with Gasteiger partial charge in [0.1, 0.15) is 0 Å². The molecule has 23 heavy (non-hydrogen) atoms. The molecule has 0 aliphatic carbocycles. The Labute approximate surface area is 141 Å². The van der Waals surface area contributed by atoms with Crippen molar-refractivity contribution < 1.29 is 13.5 Å². The van der Waals surface area contributed by atoms with Crippen molar-refractivity contribution in [3.05, 3.63) is 27.8 Å². The Morgan fingerprint density at radius 3 is 1.74 bits per heavy atom. The maximum absolute atomic E-state index is 13.2. The third kappa shape index (κ3) is 4.14. The Morgan fingerprint density at radius 1 is 0.826 bits per heavy atom. The van der Waals surface area contributed by atoms with E-state index in [9.17, 15) is 13.5 Å². The van der Waals surface area contributed by atoms with E-state index >= 15 is 0 Å². The second-order valence-corrected chi connectivity index (χ2v) is 8.16. The van der Waals surface area contributed by atoms with E-state index in [1.165, 1.54) is 4.31 Å². The summed E-state index contributed by atoms with van der Waals surface area (Å²) in [6.07, 6.45) is 2.84. The number of benzene rings is 1. The molecular weight excluding hydrogens is 310 g/mol. The van der Waals surface area contributed by atoms with Gasteiger partial charge in [0.15, 0.2) is 0 Å². The largest absolute Gasteiger partial charge is 0.395 e. The van der Waals surface area contributed by atoms with Crippen LogP contribution >= 0.6 is 0 Å². The summed E-state index contributed by atoms with van der Waals surface area (Å²) in [7, 11) is -3.59. The number of nitrogens with zero attached hydrogens (tertiary/aromatic N) is 1. The third-order valence-corrected chi connectivity index (χ3v) is 7.06. The zero-order valence-corrected chi connectivity index (χ0v) is 16.2. The zero-order valence-electron chi connectivity index (χ0n) is 15.4. The summed E-state index contributed by atoms with van der Waals surface area (Å²) in [5.41, 5.74) is 4.86. The molecule has 1 aromatic carbocycles. The molecule has 0 aliphatic heterocycles. The van der Waals surface area contributed by atoms with Crippen LogP contribution < -0.4 is 0 Å². The summed E-state index contributed by atoms with van der Waals surface area (Å²) in [6.45, 7) is 12.3. The van der Waals surface area contributed by atoms with Crippen molar-refractivity contribution in [2.24, 2.45) is 0 Å². The van der Waals surface area contributed by atoms with Crippen LogP contribution in [0.3, 0.4) is 0 Å². The van der Waals surface area contributed by atoms with Crippen LogP contribution in [0.1, 0.15) is 54.0 Å². The second-order valence-electron chi connectivity index (χ2n) is 6.29. The minimum Gasteiger partial charge on any atom is -0.395 e. The van der Waals surface area contributed by atoms with Gasteiger partial charge in [-0.2, -0.15) is 4.31 Å².